The SMILES string of the molecule is CN(CCOc1ccccc1)C(=O)CCC1CCNCC1. The van der Waals surface area contributed by atoms with E-state index in [-0.39, 0.29) is 5.91 Å². The minimum Gasteiger partial charge on any atom is -0.492 e. The number of nitrogens with one attached hydrogen (secondary N) is 1. The molecule has 116 valence electrons. The van der Waals surface area contributed by atoms with E-state index in [2.05, 4.69) is 5.32 Å². The highest BCUT2D eigenvalue weighted by atomic mass is 16.5. The zero-order valence-corrected chi connectivity index (χ0v) is 12.9. The van der Waals surface area contributed by atoms with E-state index in [1.165, 1.54) is 12.8 Å². The van der Waals surface area contributed by atoms with Gasteiger partial charge in [-0.2, -0.15) is 0 Å². The first-order chi connectivity index (χ1) is 10.3. The summed E-state index contributed by atoms with van der Waals surface area (Å²) in [5.41, 5.74) is 0. The molecular formula is C17H26N2O2. The Morgan fingerprint density at radius 1 is 1.29 bits per heavy atom. The number of hydrogen-bond acceptors (Lipinski definition) is 3. The minimum absolute atomic E-state index is 0.227. The molecule has 0 spiro atoms. The largest absolute Gasteiger partial charge is 0.492 e. The molecule has 0 atom stereocenters. The second kappa shape index (κ2) is 8.67. The van der Waals surface area contributed by atoms with Crippen LogP contribution in [0.5, 0.6) is 5.75 Å². The first-order valence-corrected chi connectivity index (χ1v) is 7.88. The minimum atomic E-state index is 0.227. The molecule has 0 unspecified atom stereocenters. The van der Waals surface area contributed by atoms with Gasteiger partial charge in [-0.15, -0.1) is 0 Å². The lowest BCUT2D eigenvalue weighted by atomic mass is 9.93. The van der Waals surface area contributed by atoms with Gasteiger partial charge >= 0.3 is 0 Å². The van der Waals surface area contributed by atoms with E-state index >= 15 is 0 Å². The standard InChI is InChI=1S/C17H26N2O2/c1-19(13-14-21-16-5-3-2-4-6-16)17(20)8-7-15-9-11-18-12-10-15/h2-6,15,18H,7-14H2,1H3. The maximum absolute atomic E-state index is 12.1. The van der Waals surface area contributed by atoms with Crippen LogP contribution in [0.4, 0.5) is 0 Å². The molecule has 1 heterocycles. The number of para-hydroxylation sites is 1. The lowest BCUT2D eigenvalue weighted by molar-refractivity contribution is -0.130. The number of carbonyl (C=O) groups excluding carboxylic acids is 1. The van der Waals surface area contributed by atoms with Crippen LogP contribution in [0.15, 0.2) is 30.3 Å². The zero-order chi connectivity index (χ0) is 14.9. The molecule has 1 aliphatic heterocycles. The predicted molar refractivity (Wildman–Crippen MR) is 84.4 cm³/mol. The summed E-state index contributed by atoms with van der Waals surface area (Å²) >= 11 is 0. The molecular weight excluding hydrogens is 264 g/mol. The highest BCUT2D eigenvalue weighted by molar-refractivity contribution is 5.75. The maximum Gasteiger partial charge on any atom is 0.222 e. The number of piperidine rings is 1. The van der Waals surface area contributed by atoms with Gasteiger partial charge in [0.1, 0.15) is 12.4 Å². The Labute approximate surface area is 127 Å². The van der Waals surface area contributed by atoms with E-state index in [4.69, 9.17) is 4.74 Å². The summed E-state index contributed by atoms with van der Waals surface area (Å²) in [6.07, 6.45) is 4.08. The molecule has 1 aromatic carbocycles. The average molecular weight is 290 g/mol. The Kier molecular flexibility index (Phi) is 6.54. The molecule has 0 bridgehead atoms. The van der Waals surface area contributed by atoms with Gasteiger partial charge in [-0.25, -0.2) is 0 Å². The Balaban J connectivity index is 1.60. The fourth-order valence-corrected chi connectivity index (χ4v) is 2.63. The third-order valence-electron chi connectivity index (χ3n) is 4.09. The molecule has 21 heavy (non-hydrogen) atoms. The van der Waals surface area contributed by atoms with Crippen molar-refractivity contribution in [1.82, 2.24) is 10.2 Å². The van der Waals surface area contributed by atoms with Crippen molar-refractivity contribution in [2.45, 2.75) is 25.7 Å². The summed E-state index contributed by atoms with van der Waals surface area (Å²) in [5.74, 6) is 1.79. The molecule has 0 aromatic heterocycles. The molecule has 1 saturated heterocycles. The normalized spacial score (nSPS) is 15.7. The highest BCUT2D eigenvalue weighted by Gasteiger charge is 2.16. The number of ether oxygens (including phenoxy) is 1. The van der Waals surface area contributed by atoms with Gasteiger partial charge in [0.15, 0.2) is 0 Å². The van der Waals surface area contributed by atoms with Gasteiger partial charge in [0.05, 0.1) is 6.54 Å². The van der Waals surface area contributed by atoms with Crippen LogP contribution < -0.4 is 10.1 Å². The van der Waals surface area contributed by atoms with Gasteiger partial charge in [-0.1, -0.05) is 18.2 Å². The Morgan fingerprint density at radius 3 is 2.71 bits per heavy atom. The highest BCUT2D eigenvalue weighted by Crippen LogP contribution is 2.18. The summed E-state index contributed by atoms with van der Waals surface area (Å²) in [5, 5.41) is 3.36. The fourth-order valence-electron chi connectivity index (χ4n) is 2.63. The van der Waals surface area contributed by atoms with E-state index in [1.54, 1.807) is 4.90 Å². The maximum atomic E-state index is 12.1. The summed E-state index contributed by atoms with van der Waals surface area (Å²) in [6.45, 7) is 3.37. The van der Waals surface area contributed by atoms with Crippen LogP contribution in [-0.2, 0) is 4.79 Å². The Hall–Kier alpha value is -1.55. The van der Waals surface area contributed by atoms with Crippen molar-refractivity contribution in [3.63, 3.8) is 0 Å². The Bertz CT molecular complexity index is 416. The van der Waals surface area contributed by atoms with Crippen molar-refractivity contribution >= 4 is 5.91 Å². The van der Waals surface area contributed by atoms with Crippen molar-refractivity contribution in [3.8, 4) is 5.75 Å². The first-order valence-electron chi connectivity index (χ1n) is 7.88. The molecule has 0 saturated carbocycles. The molecule has 4 nitrogen and oxygen atoms in total. The lowest BCUT2D eigenvalue weighted by Gasteiger charge is -2.23. The van der Waals surface area contributed by atoms with Gasteiger partial charge in [-0.3, -0.25) is 4.79 Å². The molecule has 1 N–H and O–H groups in total. The average Bonchev–Trinajstić information content (AvgIpc) is 2.54. The van der Waals surface area contributed by atoms with Crippen LogP contribution in [0.2, 0.25) is 0 Å². The van der Waals surface area contributed by atoms with E-state index in [9.17, 15) is 4.79 Å². The number of carbonyl (C=O) groups is 1. The summed E-state index contributed by atoms with van der Waals surface area (Å²) < 4.78 is 5.62. The van der Waals surface area contributed by atoms with Gasteiger partial charge in [0, 0.05) is 13.5 Å². The smallest absolute Gasteiger partial charge is 0.222 e. The number of amides is 1. The van der Waals surface area contributed by atoms with Crippen LogP contribution in [0.1, 0.15) is 25.7 Å². The lowest BCUT2D eigenvalue weighted by Crippen LogP contribution is -2.32. The third kappa shape index (κ3) is 5.76. The van der Waals surface area contributed by atoms with Crippen LogP contribution >= 0.6 is 0 Å². The summed E-state index contributed by atoms with van der Waals surface area (Å²) in [6, 6.07) is 9.72. The van der Waals surface area contributed by atoms with Crippen molar-refractivity contribution in [2.75, 3.05) is 33.3 Å². The monoisotopic (exact) mass is 290 g/mol. The number of rotatable bonds is 7. The van der Waals surface area contributed by atoms with E-state index in [0.29, 0.717) is 25.5 Å². The second-order valence-corrected chi connectivity index (χ2v) is 5.71. The van der Waals surface area contributed by atoms with Crippen LogP contribution in [0.25, 0.3) is 0 Å². The van der Waals surface area contributed by atoms with Crippen molar-refractivity contribution in [1.29, 1.82) is 0 Å². The molecule has 1 amide bonds. The topological polar surface area (TPSA) is 41.6 Å². The molecule has 2 rings (SSSR count). The number of benzene rings is 1. The van der Waals surface area contributed by atoms with E-state index < -0.39 is 0 Å². The molecule has 0 aliphatic carbocycles. The van der Waals surface area contributed by atoms with Crippen molar-refractivity contribution < 1.29 is 9.53 Å². The number of hydrogen-bond donors (Lipinski definition) is 1. The van der Waals surface area contributed by atoms with E-state index in [0.717, 1.165) is 25.3 Å². The fraction of sp³-hybridized carbons (Fsp3) is 0.588. The van der Waals surface area contributed by atoms with Crippen LogP contribution in [0.3, 0.4) is 0 Å². The van der Waals surface area contributed by atoms with Gasteiger partial charge in [0.2, 0.25) is 5.91 Å². The van der Waals surface area contributed by atoms with Crippen molar-refractivity contribution in [3.05, 3.63) is 30.3 Å². The predicted octanol–water partition coefficient (Wildman–Crippen LogP) is 2.30. The van der Waals surface area contributed by atoms with Gasteiger partial charge < -0.3 is 15.0 Å². The van der Waals surface area contributed by atoms with Gasteiger partial charge in [-0.05, 0) is 50.4 Å². The van der Waals surface area contributed by atoms with Crippen LogP contribution in [0, 0.1) is 5.92 Å². The summed E-state index contributed by atoms with van der Waals surface area (Å²) in [7, 11) is 1.86. The molecule has 0 radical (unpaired) electrons. The quantitative estimate of drug-likeness (QED) is 0.838. The van der Waals surface area contributed by atoms with Crippen LogP contribution in [-0.4, -0.2) is 44.1 Å². The molecule has 1 aliphatic rings. The second-order valence-electron chi connectivity index (χ2n) is 5.71. The number of nitrogens with zero attached hydrogens (tertiary/aromatic N) is 1. The molecule has 1 fully saturated rings. The van der Waals surface area contributed by atoms with Crippen molar-refractivity contribution in [2.24, 2.45) is 5.92 Å². The first kappa shape index (κ1) is 15.8. The molecule has 1 aromatic rings. The molecule has 4 heteroatoms. The summed E-state index contributed by atoms with van der Waals surface area (Å²) in [4.78, 5) is 13.9. The van der Waals surface area contributed by atoms with E-state index in [1.807, 2.05) is 37.4 Å². The Morgan fingerprint density at radius 2 is 2.00 bits per heavy atom. The third-order valence-corrected chi connectivity index (χ3v) is 4.09. The zero-order valence-electron chi connectivity index (χ0n) is 12.9. The van der Waals surface area contributed by atoms with Gasteiger partial charge in [0.25, 0.3) is 0 Å². The number of likely N-dealkylation sites (N-methyl/N-ethyl adjacent to an activating group) is 1.